The largest absolute Gasteiger partial charge is 0.394 e. The Kier molecular flexibility index (Phi) is 48.2. The van der Waals surface area contributed by atoms with Crippen molar-refractivity contribution in [2.24, 2.45) is 0 Å². The number of aliphatic hydroxyl groups is 5. The van der Waals surface area contributed by atoms with E-state index in [4.69, 9.17) is 9.47 Å². The van der Waals surface area contributed by atoms with Gasteiger partial charge in [0, 0.05) is 6.42 Å². The van der Waals surface area contributed by atoms with Crippen LogP contribution in [0.3, 0.4) is 0 Å². The van der Waals surface area contributed by atoms with E-state index in [1.54, 1.807) is 6.08 Å². The van der Waals surface area contributed by atoms with Gasteiger partial charge in [0.2, 0.25) is 5.91 Å². The van der Waals surface area contributed by atoms with Gasteiger partial charge in [-0.25, -0.2) is 0 Å². The quantitative estimate of drug-likeness (QED) is 0.0261. The summed E-state index contributed by atoms with van der Waals surface area (Å²) in [7, 11) is 0. The van der Waals surface area contributed by atoms with Crippen molar-refractivity contribution in [2.75, 3.05) is 13.2 Å². The van der Waals surface area contributed by atoms with E-state index in [0.29, 0.717) is 6.42 Å². The summed E-state index contributed by atoms with van der Waals surface area (Å²) in [5.74, 6) is -0.171. The molecule has 69 heavy (non-hydrogen) atoms. The highest BCUT2D eigenvalue weighted by molar-refractivity contribution is 5.76. The summed E-state index contributed by atoms with van der Waals surface area (Å²) in [6.45, 7) is 3.82. The fraction of sp³-hybridized carbons (Fsp3) is 0.950. The first kappa shape index (κ1) is 65.9. The van der Waals surface area contributed by atoms with E-state index in [-0.39, 0.29) is 12.5 Å². The maximum absolute atomic E-state index is 13.0. The van der Waals surface area contributed by atoms with E-state index in [9.17, 15) is 30.3 Å². The normalized spacial score (nSPS) is 19.4. The Morgan fingerprint density at radius 2 is 0.797 bits per heavy atom. The lowest BCUT2D eigenvalue weighted by Gasteiger charge is -2.40. The van der Waals surface area contributed by atoms with Crippen LogP contribution in [0.4, 0.5) is 0 Å². The third kappa shape index (κ3) is 40.1. The molecule has 410 valence electrons. The zero-order valence-corrected chi connectivity index (χ0v) is 45.6. The molecule has 0 aromatic heterocycles. The number of rotatable bonds is 53. The first-order valence-electron chi connectivity index (χ1n) is 30.4. The molecule has 6 N–H and O–H groups in total. The van der Waals surface area contributed by atoms with Crippen molar-refractivity contribution in [3.8, 4) is 0 Å². The number of aliphatic hydroxyl groups excluding tert-OH is 5. The van der Waals surface area contributed by atoms with Gasteiger partial charge in [-0.15, -0.1) is 0 Å². The first-order chi connectivity index (χ1) is 33.8. The number of ether oxygens (including phenoxy) is 2. The molecule has 9 nitrogen and oxygen atoms in total. The summed E-state index contributed by atoms with van der Waals surface area (Å²) in [5, 5.41) is 54.5. The van der Waals surface area contributed by atoms with Crippen LogP contribution < -0.4 is 5.32 Å². The molecule has 7 atom stereocenters. The average molecular weight is 981 g/mol. The molecule has 0 aromatic carbocycles. The summed E-state index contributed by atoms with van der Waals surface area (Å²) in [5.41, 5.74) is 0. The lowest BCUT2D eigenvalue weighted by molar-refractivity contribution is -0.302. The van der Waals surface area contributed by atoms with Crippen LogP contribution in [0.15, 0.2) is 12.2 Å². The average Bonchev–Trinajstić information content (AvgIpc) is 3.35. The van der Waals surface area contributed by atoms with Gasteiger partial charge in [0.15, 0.2) is 6.29 Å². The SMILES string of the molecule is CCCCCCCCCCCCCCCCCCCCCCCCCCCCCCC/C=C/C(O)C(COC1OC(CO)C(O)C(O)C1O)NC(=O)CCCCCCCCCCCCCCCCC. The molecule has 7 unspecified atom stereocenters. The number of carbonyl (C=O) groups is 1. The Morgan fingerprint density at radius 1 is 0.478 bits per heavy atom. The molecule has 1 saturated heterocycles. The second kappa shape index (κ2) is 50.5. The molecule has 0 radical (unpaired) electrons. The predicted molar refractivity (Wildman–Crippen MR) is 291 cm³/mol. The number of hydrogen-bond donors (Lipinski definition) is 6. The minimum atomic E-state index is -1.56. The summed E-state index contributed by atoms with van der Waals surface area (Å²) < 4.78 is 11.3. The van der Waals surface area contributed by atoms with Crippen molar-refractivity contribution in [3.05, 3.63) is 12.2 Å². The molecule has 0 aliphatic carbocycles. The van der Waals surface area contributed by atoms with E-state index in [0.717, 1.165) is 38.5 Å². The maximum atomic E-state index is 13.0. The monoisotopic (exact) mass is 980 g/mol. The molecule has 1 aliphatic rings. The number of carbonyl (C=O) groups excluding carboxylic acids is 1. The molecule has 0 aromatic rings. The van der Waals surface area contributed by atoms with Gasteiger partial charge in [-0.3, -0.25) is 4.79 Å². The standard InChI is InChI=1S/C60H117NO8/c1-3-5-7-9-11-13-15-17-19-20-21-22-23-24-25-26-27-28-29-30-31-32-33-34-36-37-39-41-43-45-47-49-54(63)53(52-68-60-59(67)58(66)57(65)55(51-62)69-60)61-56(64)50-48-46-44-42-40-38-35-18-16-14-12-10-8-6-4-2/h47,49,53-55,57-60,62-63,65-67H,3-46,48,50-52H2,1-2H3,(H,61,64)/b49-47+. The third-order valence-corrected chi connectivity index (χ3v) is 14.9. The van der Waals surface area contributed by atoms with Crippen molar-refractivity contribution in [1.82, 2.24) is 5.32 Å². The number of nitrogens with one attached hydrogen (secondary N) is 1. The first-order valence-corrected chi connectivity index (χ1v) is 30.4. The Morgan fingerprint density at radius 3 is 1.13 bits per heavy atom. The lowest BCUT2D eigenvalue weighted by atomic mass is 9.99. The van der Waals surface area contributed by atoms with Crippen LogP contribution in [0.25, 0.3) is 0 Å². The molecule has 1 amide bonds. The second-order valence-electron chi connectivity index (χ2n) is 21.5. The fourth-order valence-corrected chi connectivity index (χ4v) is 10.0. The van der Waals surface area contributed by atoms with Crippen molar-refractivity contribution in [3.63, 3.8) is 0 Å². The number of unbranched alkanes of at least 4 members (excludes halogenated alkanes) is 43. The van der Waals surface area contributed by atoms with Crippen LogP contribution in [0, 0.1) is 0 Å². The van der Waals surface area contributed by atoms with Gasteiger partial charge in [0.05, 0.1) is 25.4 Å². The van der Waals surface area contributed by atoms with Crippen molar-refractivity contribution in [1.29, 1.82) is 0 Å². The lowest BCUT2D eigenvalue weighted by Crippen LogP contribution is -2.60. The van der Waals surface area contributed by atoms with Gasteiger partial charge in [-0.2, -0.15) is 0 Å². The van der Waals surface area contributed by atoms with Crippen molar-refractivity contribution in [2.45, 2.75) is 352 Å². The van der Waals surface area contributed by atoms with Crippen LogP contribution >= 0.6 is 0 Å². The molecule has 1 fully saturated rings. The highest BCUT2D eigenvalue weighted by Crippen LogP contribution is 2.23. The van der Waals surface area contributed by atoms with Gasteiger partial charge < -0.3 is 40.3 Å². The Hall–Kier alpha value is -1.07. The van der Waals surface area contributed by atoms with Crippen molar-refractivity contribution >= 4 is 5.91 Å². The van der Waals surface area contributed by atoms with Gasteiger partial charge in [0.1, 0.15) is 24.4 Å². The van der Waals surface area contributed by atoms with Crippen molar-refractivity contribution < 1.29 is 39.8 Å². The van der Waals surface area contributed by atoms with Crippen LogP contribution in [0.5, 0.6) is 0 Å². The van der Waals surface area contributed by atoms with E-state index in [1.807, 2.05) is 6.08 Å². The molecule has 1 rings (SSSR count). The van der Waals surface area contributed by atoms with Crippen LogP contribution in [0.2, 0.25) is 0 Å². The Balaban J connectivity index is 2.14. The zero-order chi connectivity index (χ0) is 50.1. The Labute approximate surface area is 426 Å². The molecule has 0 spiro atoms. The van der Waals surface area contributed by atoms with Gasteiger partial charge in [-0.1, -0.05) is 296 Å². The highest BCUT2D eigenvalue weighted by atomic mass is 16.7. The zero-order valence-electron chi connectivity index (χ0n) is 45.6. The van der Waals surface area contributed by atoms with Crippen LogP contribution in [0.1, 0.15) is 309 Å². The topological polar surface area (TPSA) is 149 Å². The third-order valence-electron chi connectivity index (χ3n) is 14.9. The molecular formula is C60H117NO8. The fourth-order valence-electron chi connectivity index (χ4n) is 10.0. The van der Waals surface area contributed by atoms with Gasteiger partial charge in [0.25, 0.3) is 0 Å². The molecular weight excluding hydrogens is 863 g/mol. The number of hydrogen-bond acceptors (Lipinski definition) is 8. The minimum Gasteiger partial charge on any atom is -0.394 e. The van der Waals surface area contributed by atoms with Crippen LogP contribution in [-0.4, -0.2) is 87.5 Å². The van der Waals surface area contributed by atoms with E-state index in [2.05, 4.69) is 19.2 Å². The minimum absolute atomic E-state index is 0.171. The maximum Gasteiger partial charge on any atom is 0.220 e. The summed E-state index contributed by atoms with van der Waals surface area (Å²) in [4.78, 5) is 13.0. The number of amides is 1. The summed E-state index contributed by atoms with van der Waals surface area (Å²) in [6, 6.07) is -0.800. The molecule has 9 heteroatoms. The Bertz CT molecular complexity index is 1090. The van der Waals surface area contributed by atoms with E-state index >= 15 is 0 Å². The smallest absolute Gasteiger partial charge is 0.220 e. The number of allylic oxidation sites excluding steroid dienone is 1. The summed E-state index contributed by atoms with van der Waals surface area (Å²) in [6.07, 6.45) is 55.8. The molecule has 1 aliphatic heterocycles. The molecule has 1 heterocycles. The second-order valence-corrected chi connectivity index (χ2v) is 21.5. The molecule has 0 saturated carbocycles. The summed E-state index contributed by atoms with van der Waals surface area (Å²) >= 11 is 0. The van der Waals surface area contributed by atoms with E-state index in [1.165, 1.54) is 250 Å². The van der Waals surface area contributed by atoms with Crippen LogP contribution in [-0.2, 0) is 14.3 Å². The predicted octanol–water partition coefficient (Wildman–Crippen LogP) is 15.2. The van der Waals surface area contributed by atoms with Gasteiger partial charge >= 0.3 is 0 Å². The highest BCUT2D eigenvalue weighted by Gasteiger charge is 2.44. The molecule has 0 bridgehead atoms. The van der Waals surface area contributed by atoms with Gasteiger partial charge in [-0.05, 0) is 19.3 Å². The van der Waals surface area contributed by atoms with E-state index < -0.39 is 49.5 Å².